The summed E-state index contributed by atoms with van der Waals surface area (Å²) in [6.45, 7) is 4.02. The first-order valence-electron chi connectivity index (χ1n) is 12.2. The topological polar surface area (TPSA) is 65.8 Å². The first kappa shape index (κ1) is 26.4. The monoisotopic (exact) mass is 510 g/mol. The van der Waals surface area contributed by atoms with Crippen molar-refractivity contribution in [2.24, 2.45) is 5.41 Å². The van der Waals surface area contributed by atoms with Gasteiger partial charge in [-0.25, -0.2) is 4.39 Å². The number of hydrogen-bond acceptors (Lipinski definition) is 5. The Kier molecular flexibility index (Phi) is 8.48. The highest BCUT2D eigenvalue weighted by molar-refractivity contribution is 6.32. The third-order valence-corrected chi connectivity index (χ3v) is 7.61. The molecule has 0 spiro atoms. The normalized spacial score (nSPS) is 16.4. The van der Waals surface area contributed by atoms with Crippen LogP contribution in [0.4, 0.5) is 4.39 Å². The number of nitrogens with zero attached hydrogens (tertiary/aromatic N) is 2. The lowest BCUT2D eigenvalue weighted by molar-refractivity contribution is 0.0273. The Morgan fingerprint density at radius 3 is 2.69 bits per heavy atom. The summed E-state index contributed by atoms with van der Waals surface area (Å²) in [5, 5.41) is 22.6. The number of fused-ring (bicyclic) bond motifs is 1. The molecule has 1 fully saturated rings. The maximum absolute atomic E-state index is 13.7. The predicted molar refractivity (Wildman–Crippen MR) is 141 cm³/mol. The van der Waals surface area contributed by atoms with Crippen LogP contribution >= 0.6 is 11.6 Å². The van der Waals surface area contributed by atoms with E-state index in [1.165, 1.54) is 6.07 Å². The zero-order valence-corrected chi connectivity index (χ0v) is 21.5. The number of aryl methyl sites for hydroxylation is 1. The van der Waals surface area contributed by atoms with Crippen molar-refractivity contribution in [1.29, 1.82) is 0 Å². The van der Waals surface area contributed by atoms with Crippen LogP contribution in [0.15, 0.2) is 42.6 Å². The molecule has 1 aromatic heterocycles. The second kappa shape index (κ2) is 11.6. The van der Waals surface area contributed by atoms with Crippen LogP contribution in [0.2, 0.25) is 5.02 Å². The third kappa shape index (κ3) is 5.99. The molecular weight excluding hydrogens is 479 g/mol. The van der Waals surface area contributed by atoms with Crippen LogP contribution < -0.4 is 4.74 Å². The van der Waals surface area contributed by atoms with Crippen LogP contribution in [-0.2, 0) is 0 Å². The van der Waals surface area contributed by atoms with E-state index in [1.807, 2.05) is 24.3 Å². The second-order valence-electron chi connectivity index (χ2n) is 9.66. The Morgan fingerprint density at radius 1 is 1.22 bits per heavy atom. The van der Waals surface area contributed by atoms with Crippen molar-refractivity contribution < 1.29 is 19.3 Å². The molecule has 0 bridgehead atoms. The molecule has 36 heavy (non-hydrogen) atoms. The van der Waals surface area contributed by atoms with Gasteiger partial charge in [0.2, 0.25) is 0 Å². The highest BCUT2D eigenvalue weighted by Gasteiger charge is 2.34. The van der Waals surface area contributed by atoms with Crippen LogP contribution in [0.3, 0.4) is 0 Å². The van der Waals surface area contributed by atoms with E-state index in [1.54, 1.807) is 26.3 Å². The summed E-state index contributed by atoms with van der Waals surface area (Å²) >= 11 is 6.46. The van der Waals surface area contributed by atoms with Gasteiger partial charge in [-0.15, -0.1) is 0 Å². The summed E-state index contributed by atoms with van der Waals surface area (Å²) in [6, 6.07) is 10.6. The van der Waals surface area contributed by atoms with Gasteiger partial charge in [-0.2, -0.15) is 0 Å². The number of benzene rings is 2. The lowest BCUT2D eigenvalue weighted by Gasteiger charge is -2.40. The van der Waals surface area contributed by atoms with E-state index in [0.29, 0.717) is 46.8 Å². The van der Waals surface area contributed by atoms with Crippen molar-refractivity contribution in [2.75, 3.05) is 33.4 Å². The van der Waals surface area contributed by atoms with Crippen molar-refractivity contribution >= 4 is 22.5 Å². The number of halogens is 2. The van der Waals surface area contributed by atoms with Crippen molar-refractivity contribution in [2.45, 2.75) is 38.7 Å². The number of rotatable bonds is 7. The van der Waals surface area contributed by atoms with Gasteiger partial charge >= 0.3 is 0 Å². The molecule has 0 radical (unpaired) electrons. The highest BCUT2D eigenvalue weighted by Crippen LogP contribution is 2.40. The molecule has 1 atom stereocenters. The van der Waals surface area contributed by atoms with Crippen LogP contribution in [0.25, 0.3) is 10.9 Å². The van der Waals surface area contributed by atoms with Gasteiger partial charge in [0.05, 0.1) is 30.3 Å². The molecule has 2 N–H and O–H groups in total. The molecule has 0 aliphatic carbocycles. The minimum atomic E-state index is -0.780. The summed E-state index contributed by atoms with van der Waals surface area (Å²) < 4.78 is 19.1. The third-order valence-electron chi connectivity index (χ3n) is 7.31. The predicted octanol–water partition coefficient (Wildman–Crippen LogP) is 5.28. The maximum Gasteiger partial charge on any atom is 0.127 e. The molecule has 1 saturated heterocycles. The molecule has 2 heterocycles. The van der Waals surface area contributed by atoms with Gasteiger partial charge in [0.1, 0.15) is 11.6 Å². The lowest BCUT2D eigenvalue weighted by atomic mass is 9.74. The number of aliphatic hydroxyl groups excluding tert-OH is 2. The van der Waals surface area contributed by atoms with Crippen molar-refractivity contribution in [1.82, 2.24) is 9.88 Å². The number of methoxy groups -OCH3 is 1. The summed E-state index contributed by atoms with van der Waals surface area (Å²) in [6.07, 6.45) is 3.58. The van der Waals surface area contributed by atoms with Crippen molar-refractivity contribution in [3.8, 4) is 17.6 Å². The Labute approximate surface area is 216 Å². The molecule has 4 rings (SSSR count). The first-order chi connectivity index (χ1) is 17.3. The van der Waals surface area contributed by atoms with E-state index < -0.39 is 6.10 Å². The number of pyridine rings is 1. The van der Waals surface area contributed by atoms with Gasteiger partial charge < -0.3 is 14.9 Å². The maximum atomic E-state index is 13.7. The quantitative estimate of drug-likeness (QED) is 0.423. The Bertz CT molecular complexity index is 1280. The molecule has 0 unspecified atom stereocenters. The molecule has 3 aromatic rings. The lowest BCUT2D eigenvalue weighted by Crippen LogP contribution is -2.42. The zero-order valence-electron chi connectivity index (χ0n) is 20.7. The average Bonchev–Trinajstić information content (AvgIpc) is 2.89. The number of piperidine rings is 1. The van der Waals surface area contributed by atoms with Gasteiger partial charge in [0, 0.05) is 29.3 Å². The fraction of sp³-hybridized carbons (Fsp3) is 0.414. The summed E-state index contributed by atoms with van der Waals surface area (Å²) in [7, 11) is 1.60. The number of likely N-dealkylation sites (tertiary alicyclic amines) is 1. The van der Waals surface area contributed by atoms with E-state index in [0.717, 1.165) is 36.8 Å². The van der Waals surface area contributed by atoms with Gasteiger partial charge in [0.15, 0.2) is 0 Å². The molecule has 2 aromatic carbocycles. The summed E-state index contributed by atoms with van der Waals surface area (Å²) in [5.74, 6) is 6.62. The molecule has 0 saturated carbocycles. The van der Waals surface area contributed by atoms with Gasteiger partial charge in [0.25, 0.3) is 0 Å². The smallest absolute Gasteiger partial charge is 0.127 e. The summed E-state index contributed by atoms with van der Waals surface area (Å²) in [4.78, 5) is 6.62. The number of ether oxygens (including phenoxy) is 1. The zero-order chi connectivity index (χ0) is 25.7. The van der Waals surface area contributed by atoms with Gasteiger partial charge in [-0.3, -0.25) is 9.88 Å². The van der Waals surface area contributed by atoms with E-state index >= 15 is 0 Å². The SMILES string of the molecule is COc1ccc2ncc(Cl)c([C@@H](O)CCC3(CO)CCN(CC#Cc4ccc(C)c(F)c4)CC3)c2c1. The van der Waals surface area contributed by atoms with Gasteiger partial charge in [-0.1, -0.05) is 29.5 Å². The van der Waals surface area contributed by atoms with E-state index in [9.17, 15) is 14.6 Å². The Hall–Kier alpha value is -2.69. The molecule has 1 aliphatic heterocycles. The minimum Gasteiger partial charge on any atom is -0.497 e. The summed E-state index contributed by atoms with van der Waals surface area (Å²) in [5.41, 5.74) is 2.43. The number of hydrogen-bond donors (Lipinski definition) is 2. The van der Waals surface area contributed by atoms with Gasteiger partial charge in [-0.05, 0) is 87.0 Å². The number of aromatic nitrogens is 1. The molecule has 7 heteroatoms. The Balaban J connectivity index is 1.37. The standard InChI is InChI=1S/C29H32ClFN2O3/c1-20-5-6-21(16-25(20)31)4-3-13-33-14-11-29(19-34,12-15-33)10-9-27(35)28-23-17-22(36-2)7-8-26(23)32-18-24(28)30/h5-8,16-18,27,34-35H,9-15,19H2,1-2H3/t27-/m0/s1. The molecule has 190 valence electrons. The molecule has 1 aliphatic rings. The molecular formula is C29H32ClFN2O3. The number of aliphatic hydroxyl groups is 2. The molecule has 5 nitrogen and oxygen atoms in total. The van der Waals surface area contributed by atoms with Crippen LogP contribution in [0.5, 0.6) is 5.75 Å². The van der Waals surface area contributed by atoms with Crippen molar-refractivity contribution in [3.05, 3.63) is 70.1 Å². The largest absolute Gasteiger partial charge is 0.497 e. The first-order valence-corrected chi connectivity index (χ1v) is 12.6. The van der Waals surface area contributed by atoms with Crippen LogP contribution in [-0.4, -0.2) is 53.4 Å². The average molecular weight is 511 g/mol. The van der Waals surface area contributed by atoms with Crippen LogP contribution in [0.1, 0.15) is 48.5 Å². The van der Waals surface area contributed by atoms with Crippen molar-refractivity contribution in [3.63, 3.8) is 0 Å². The van der Waals surface area contributed by atoms with E-state index in [2.05, 4.69) is 21.7 Å². The molecule has 0 amide bonds. The highest BCUT2D eigenvalue weighted by atomic mass is 35.5. The van der Waals surface area contributed by atoms with E-state index in [4.69, 9.17) is 16.3 Å². The van der Waals surface area contributed by atoms with Crippen LogP contribution in [0, 0.1) is 30.0 Å². The fourth-order valence-electron chi connectivity index (χ4n) is 4.82. The fourth-order valence-corrected chi connectivity index (χ4v) is 5.09. The Morgan fingerprint density at radius 2 is 2.00 bits per heavy atom. The minimum absolute atomic E-state index is 0.0700. The second-order valence-corrected chi connectivity index (χ2v) is 10.1. The van der Waals surface area contributed by atoms with E-state index in [-0.39, 0.29) is 17.8 Å².